The minimum Gasteiger partial charge on any atom is -0.488 e. The molecular weight excluding hydrogens is 312 g/mol. The van der Waals surface area contributed by atoms with Gasteiger partial charge in [0.05, 0.1) is 0 Å². The van der Waals surface area contributed by atoms with Crippen molar-refractivity contribution in [2.45, 2.75) is 19.0 Å². The number of piperazine rings is 1. The van der Waals surface area contributed by atoms with Gasteiger partial charge >= 0.3 is 0 Å². The third-order valence-corrected chi connectivity index (χ3v) is 4.11. The molecule has 0 saturated carbocycles. The van der Waals surface area contributed by atoms with Crippen LogP contribution < -0.4 is 10.1 Å². The van der Waals surface area contributed by atoms with Crippen LogP contribution in [0, 0.1) is 0 Å². The van der Waals surface area contributed by atoms with Crippen LogP contribution in [0.4, 0.5) is 8.78 Å². The van der Waals surface area contributed by atoms with Crippen molar-refractivity contribution in [1.82, 2.24) is 15.2 Å². The zero-order valence-corrected chi connectivity index (χ0v) is 13.4. The lowest BCUT2D eigenvalue weighted by atomic mass is 10.0. The topological polar surface area (TPSA) is 37.4 Å². The van der Waals surface area contributed by atoms with E-state index in [-0.39, 0.29) is 6.04 Å². The number of benzene rings is 1. The maximum Gasteiger partial charge on any atom is 0.272 e. The number of ether oxygens (including phenoxy) is 1. The molecule has 1 aliphatic rings. The number of nitrogens with zero attached hydrogens (tertiary/aromatic N) is 2. The van der Waals surface area contributed by atoms with Crippen LogP contribution in [0.2, 0.25) is 0 Å². The summed E-state index contributed by atoms with van der Waals surface area (Å²) in [7, 11) is 0. The summed E-state index contributed by atoms with van der Waals surface area (Å²) in [5, 5.41) is 3.43. The van der Waals surface area contributed by atoms with E-state index in [9.17, 15) is 8.78 Å². The van der Waals surface area contributed by atoms with Gasteiger partial charge in [-0.3, -0.25) is 9.88 Å². The van der Waals surface area contributed by atoms with Crippen molar-refractivity contribution in [3.63, 3.8) is 0 Å². The number of aromatic nitrogens is 1. The molecule has 24 heavy (non-hydrogen) atoms. The highest BCUT2D eigenvalue weighted by atomic mass is 19.3. The van der Waals surface area contributed by atoms with Gasteiger partial charge in [-0.2, -0.15) is 0 Å². The van der Waals surface area contributed by atoms with Crippen molar-refractivity contribution >= 4 is 0 Å². The largest absolute Gasteiger partial charge is 0.488 e. The van der Waals surface area contributed by atoms with Gasteiger partial charge in [0.1, 0.15) is 12.4 Å². The van der Waals surface area contributed by atoms with Gasteiger partial charge < -0.3 is 10.1 Å². The van der Waals surface area contributed by atoms with Gasteiger partial charge in [0.15, 0.2) is 0 Å². The van der Waals surface area contributed by atoms with Gasteiger partial charge in [-0.05, 0) is 29.3 Å². The average molecular weight is 333 g/mol. The van der Waals surface area contributed by atoms with E-state index in [0.717, 1.165) is 31.7 Å². The summed E-state index contributed by atoms with van der Waals surface area (Å²) in [5.74, 6) is 0.475. The molecule has 1 N–H and O–H groups in total. The van der Waals surface area contributed by atoms with Crippen LogP contribution in [0.3, 0.4) is 0 Å². The Morgan fingerprint density at radius 1 is 1.25 bits per heavy atom. The second-order valence-electron chi connectivity index (χ2n) is 5.82. The Morgan fingerprint density at radius 3 is 2.79 bits per heavy atom. The van der Waals surface area contributed by atoms with Crippen LogP contribution in [-0.2, 0) is 6.54 Å². The quantitative estimate of drug-likeness (QED) is 0.882. The molecule has 0 spiro atoms. The summed E-state index contributed by atoms with van der Waals surface area (Å²) in [5.41, 5.74) is 2.33. The molecule has 4 nitrogen and oxygen atoms in total. The van der Waals surface area contributed by atoms with Gasteiger partial charge in [-0.1, -0.05) is 18.2 Å². The molecule has 1 unspecified atom stereocenters. The number of halogens is 2. The summed E-state index contributed by atoms with van der Waals surface area (Å²) >= 11 is 0. The molecule has 1 atom stereocenters. The predicted molar refractivity (Wildman–Crippen MR) is 88.2 cm³/mol. The first kappa shape index (κ1) is 16.8. The fraction of sp³-hybridized carbons (Fsp3) is 0.389. The normalized spacial score (nSPS) is 18.7. The predicted octanol–water partition coefficient (Wildman–Crippen LogP) is 2.87. The van der Waals surface area contributed by atoms with E-state index >= 15 is 0 Å². The molecule has 2 heterocycles. The molecule has 2 aromatic rings. The maximum absolute atomic E-state index is 12.2. The molecule has 6 heteroatoms. The SMILES string of the molecule is FC(F)COc1ccc(CN2CCNCC2c2cccnc2)cc1. The third-order valence-electron chi connectivity index (χ3n) is 4.11. The lowest BCUT2D eigenvalue weighted by Gasteiger charge is -2.36. The van der Waals surface area contributed by atoms with Gasteiger partial charge in [0, 0.05) is 44.6 Å². The number of pyridine rings is 1. The van der Waals surface area contributed by atoms with Crippen molar-refractivity contribution in [2.75, 3.05) is 26.2 Å². The standard InChI is InChI=1S/C18H21F2N3O/c19-18(20)13-24-16-5-3-14(4-6-16)12-23-9-8-22-11-17(23)15-2-1-7-21-10-15/h1-7,10,17-18,22H,8-9,11-13H2. The fourth-order valence-electron chi connectivity index (χ4n) is 2.92. The molecular formula is C18H21F2N3O. The zero-order valence-electron chi connectivity index (χ0n) is 13.4. The smallest absolute Gasteiger partial charge is 0.272 e. The van der Waals surface area contributed by atoms with E-state index in [0.29, 0.717) is 5.75 Å². The molecule has 0 radical (unpaired) electrons. The Labute approximate surface area is 140 Å². The molecule has 1 aliphatic heterocycles. The van der Waals surface area contributed by atoms with Gasteiger partial charge in [0.25, 0.3) is 6.43 Å². The highest BCUT2D eigenvalue weighted by Crippen LogP contribution is 2.24. The first-order valence-corrected chi connectivity index (χ1v) is 8.07. The van der Waals surface area contributed by atoms with Gasteiger partial charge in [-0.15, -0.1) is 0 Å². The Hall–Kier alpha value is -2.05. The van der Waals surface area contributed by atoms with Crippen LogP contribution in [-0.4, -0.2) is 42.6 Å². The van der Waals surface area contributed by atoms with Crippen molar-refractivity contribution in [1.29, 1.82) is 0 Å². The second kappa shape index (κ2) is 8.17. The number of nitrogens with one attached hydrogen (secondary N) is 1. The van der Waals surface area contributed by atoms with Crippen LogP contribution in [0.15, 0.2) is 48.8 Å². The number of hydrogen-bond donors (Lipinski definition) is 1. The van der Waals surface area contributed by atoms with Crippen LogP contribution in [0.1, 0.15) is 17.2 Å². The number of alkyl halides is 2. The molecule has 0 amide bonds. The molecule has 0 aliphatic carbocycles. The summed E-state index contributed by atoms with van der Waals surface area (Å²) in [6.45, 7) is 3.02. The first-order chi connectivity index (χ1) is 11.7. The Kier molecular flexibility index (Phi) is 5.72. The van der Waals surface area contributed by atoms with Crippen LogP contribution in [0.25, 0.3) is 0 Å². The van der Waals surface area contributed by atoms with E-state index < -0.39 is 13.0 Å². The molecule has 1 aromatic heterocycles. The van der Waals surface area contributed by atoms with E-state index in [4.69, 9.17) is 4.74 Å². The van der Waals surface area contributed by atoms with Crippen molar-refractivity contribution in [3.8, 4) is 5.75 Å². The lowest BCUT2D eigenvalue weighted by Crippen LogP contribution is -2.45. The Bertz CT molecular complexity index is 622. The molecule has 3 rings (SSSR count). The molecule has 128 valence electrons. The maximum atomic E-state index is 12.2. The van der Waals surface area contributed by atoms with Crippen molar-refractivity contribution < 1.29 is 13.5 Å². The monoisotopic (exact) mass is 333 g/mol. The number of rotatable bonds is 6. The van der Waals surface area contributed by atoms with E-state index in [1.165, 1.54) is 5.56 Å². The highest BCUT2D eigenvalue weighted by Gasteiger charge is 2.23. The minimum atomic E-state index is -2.45. The van der Waals surface area contributed by atoms with Gasteiger partial charge in [0.2, 0.25) is 0 Å². The third kappa shape index (κ3) is 4.49. The summed E-state index contributed by atoms with van der Waals surface area (Å²) in [6, 6.07) is 11.7. The lowest BCUT2D eigenvalue weighted by molar-refractivity contribution is 0.0819. The molecule has 1 saturated heterocycles. The van der Waals surface area contributed by atoms with Crippen molar-refractivity contribution in [2.24, 2.45) is 0 Å². The zero-order chi connectivity index (χ0) is 16.8. The van der Waals surface area contributed by atoms with E-state index in [1.54, 1.807) is 18.3 Å². The summed E-state index contributed by atoms with van der Waals surface area (Å²) < 4.78 is 29.4. The summed E-state index contributed by atoms with van der Waals surface area (Å²) in [6.07, 6.45) is 1.24. The van der Waals surface area contributed by atoms with Crippen molar-refractivity contribution in [3.05, 3.63) is 59.9 Å². The average Bonchev–Trinajstić information content (AvgIpc) is 2.62. The van der Waals surface area contributed by atoms with E-state index in [2.05, 4.69) is 21.3 Å². The molecule has 0 bridgehead atoms. The fourth-order valence-corrected chi connectivity index (χ4v) is 2.92. The molecule has 1 fully saturated rings. The van der Waals surface area contributed by atoms with Crippen LogP contribution in [0.5, 0.6) is 5.75 Å². The Morgan fingerprint density at radius 2 is 2.08 bits per heavy atom. The second-order valence-corrected chi connectivity index (χ2v) is 5.82. The molecule has 1 aromatic carbocycles. The minimum absolute atomic E-state index is 0.280. The van der Waals surface area contributed by atoms with Crippen LogP contribution >= 0.6 is 0 Å². The van der Waals surface area contributed by atoms with E-state index in [1.807, 2.05) is 24.4 Å². The highest BCUT2D eigenvalue weighted by molar-refractivity contribution is 5.27. The van der Waals surface area contributed by atoms with Gasteiger partial charge in [-0.25, -0.2) is 8.78 Å². The Balaban J connectivity index is 1.65. The summed E-state index contributed by atoms with van der Waals surface area (Å²) in [4.78, 5) is 6.62. The number of hydrogen-bond acceptors (Lipinski definition) is 4. The first-order valence-electron chi connectivity index (χ1n) is 8.07.